The molecule has 3 rings (SSSR count). The summed E-state index contributed by atoms with van der Waals surface area (Å²) in [5, 5.41) is 10.5. The number of methoxy groups -OCH3 is 4. The van der Waals surface area contributed by atoms with Gasteiger partial charge in [-0.2, -0.15) is 0 Å². The van der Waals surface area contributed by atoms with Crippen LogP contribution in [0.15, 0.2) is 36.4 Å². The Hall–Kier alpha value is -2.43. The molecular weight excluding hydrogens is 499 g/mol. The van der Waals surface area contributed by atoms with E-state index in [2.05, 4.69) is 6.07 Å². The number of esters is 1. The zero-order chi connectivity index (χ0) is 23.8. The number of aliphatic hydroxyl groups excluding tert-OH is 1. The van der Waals surface area contributed by atoms with Crippen LogP contribution < -0.4 is 53.6 Å². The van der Waals surface area contributed by atoms with Crippen molar-refractivity contribution in [1.29, 1.82) is 0 Å². The number of carbonyl (C=O) groups is 1. The second-order valence-corrected chi connectivity index (χ2v) is 7.92. The molecule has 1 unspecified atom stereocenters. The minimum atomic E-state index is -0.751. The number of hydrogen-bond donors (Lipinski definition) is 3. The van der Waals surface area contributed by atoms with Gasteiger partial charge in [0.15, 0.2) is 22.9 Å². The number of ether oxygens (including phenoxy) is 5. The van der Waals surface area contributed by atoms with Crippen LogP contribution in [0.5, 0.6) is 23.0 Å². The highest BCUT2D eigenvalue weighted by Gasteiger charge is 2.28. The lowest BCUT2D eigenvalue weighted by atomic mass is 10.2. The van der Waals surface area contributed by atoms with E-state index in [1.165, 1.54) is 48.9 Å². The number of carbonyl (C=O) groups excluding carboxylic acids is 1. The highest BCUT2D eigenvalue weighted by molar-refractivity contribution is 5.91. The number of nitrogens with one attached hydrogen (secondary N) is 2. The van der Waals surface area contributed by atoms with Gasteiger partial charge in [-0.05, 0) is 18.2 Å². The van der Waals surface area contributed by atoms with Gasteiger partial charge in [0.25, 0.3) is 0 Å². The van der Waals surface area contributed by atoms with Crippen molar-refractivity contribution >= 4 is 11.7 Å². The predicted octanol–water partition coefficient (Wildman–Crippen LogP) is -6.64. The van der Waals surface area contributed by atoms with Gasteiger partial charge in [-0.1, -0.05) is 12.1 Å². The van der Waals surface area contributed by atoms with Gasteiger partial charge in [-0.3, -0.25) is 4.90 Å². The molecule has 3 N–H and O–H groups in total. The number of piperazine rings is 1. The number of halogens is 2. The molecule has 35 heavy (non-hydrogen) atoms. The van der Waals surface area contributed by atoms with Crippen LogP contribution in [-0.4, -0.2) is 84.9 Å². The third-order valence-corrected chi connectivity index (χ3v) is 5.88. The van der Waals surface area contributed by atoms with Crippen molar-refractivity contribution in [2.45, 2.75) is 6.10 Å². The number of benzene rings is 2. The minimum Gasteiger partial charge on any atom is -1.00 e. The van der Waals surface area contributed by atoms with Gasteiger partial charge in [0, 0.05) is 6.07 Å². The first-order valence-corrected chi connectivity index (χ1v) is 11.0. The summed E-state index contributed by atoms with van der Waals surface area (Å²) >= 11 is 0. The van der Waals surface area contributed by atoms with Crippen LogP contribution in [0.1, 0.15) is 10.4 Å². The van der Waals surface area contributed by atoms with Crippen molar-refractivity contribution in [1.82, 2.24) is 0 Å². The van der Waals surface area contributed by atoms with Gasteiger partial charge in [-0.25, -0.2) is 4.79 Å². The van der Waals surface area contributed by atoms with Crippen molar-refractivity contribution in [3.05, 3.63) is 42.0 Å². The number of aliphatic hydroxyl groups is 1. The van der Waals surface area contributed by atoms with Crippen LogP contribution in [0.2, 0.25) is 0 Å². The first-order chi connectivity index (χ1) is 16.0. The monoisotopic (exact) mass is 532 g/mol. The Bertz CT molecular complexity index is 915. The fraction of sp³-hybridized carbons (Fsp3) is 0.458. The third-order valence-electron chi connectivity index (χ3n) is 5.88. The second kappa shape index (κ2) is 14.9. The van der Waals surface area contributed by atoms with E-state index in [9.17, 15) is 9.90 Å². The molecule has 1 aliphatic rings. The largest absolute Gasteiger partial charge is 1.00 e. The Morgan fingerprint density at radius 1 is 0.886 bits per heavy atom. The Labute approximate surface area is 218 Å². The fourth-order valence-electron chi connectivity index (χ4n) is 4.16. The molecule has 0 bridgehead atoms. The molecule has 0 aromatic heterocycles. The molecule has 1 saturated heterocycles. The molecular formula is C24H34Cl2N2O7. The zero-order valence-electron chi connectivity index (χ0n) is 20.4. The topological polar surface area (TPSA) is 92.3 Å². The van der Waals surface area contributed by atoms with Gasteiger partial charge in [0.2, 0.25) is 5.75 Å². The highest BCUT2D eigenvalue weighted by Crippen LogP contribution is 2.38. The van der Waals surface area contributed by atoms with Crippen LogP contribution in [-0.2, 0) is 4.74 Å². The SMILES string of the molecule is COc1ccccc1[NH+]1CC[NH+](CC(O)COC(=O)c2cc(OC)c(OC)c(OC)c2)CC1.[Cl-].[Cl-]. The maximum atomic E-state index is 12.5. The smallest absolute Gasteiger partial charge is 0.338 e. The average Bonchev–Trinajstić information content (AvgIpc) is 2.86. The quantitative estimate of drug-likeness (QED) is 0.262. The van der Waals surface area contributed by atoms with Crippen LogP contribution in [0.25, 0.3) is 0 Å². The minimum absolute atomic E-state index is 0. The van der Waals surface area contributed by atoms with E-state index in [0.717, 1.165) is 31.9 Å². The third kappa shape index (κ3) is 7.78. The van der Waals surface area contributed by atoms with Gasteiger partial charge >= 0.3 is 5.97 Å². The van der Waals surface area contributed by atoms with E-state index < -0.39 is 12.1 Å². The van der Waals surface area contributed by atoms with Crippen molar-refractivity contribution < 1.29 is 68.2 Å². The number of para-hydroxylation sites is 2. The van der Waals surface area contributed by atoms with Gasteiger partial charge < -0.3 is 58.5 Å². The molecule has 9 nitrogen and oxygen atoms in total. The maximum absolute atomic E-state index is 12.5. The van der Waals surface area contributed by atoms with Crippen molar-refractivity contribution in [2.75, 3.05) is 67.8 Å². The molecule has 2 aromatic rings. The molecule has 196 valence electrons. The van der Waals surface area contributed by atoms with Gasteiger partial charge in [-0.15, -0.1) is 0 Å². The van der Waals surface area contributed by atoms with Gasteiger partial charge in [0.1, 0.15) is 45.4 Å². The van der Waals surface area contributed by atoms with Crippen LogP contribution in [0.4, 0.5) is 5.69 Å². The van der Waals surface area contributed by atoms with E-state index in [-0.39, 0.29) is 37.0 Å². The van der Waals surface area contributed by atoms with E-state index in [4.69, 9.17) is 23.7 Å². The molecule has 0 saturated carbocycles. The maximum Gasteiger partial charge on any atom is 0.338 e. The summed E-state index contributed by atoms with van der Waals surface area (Å²) in [4.78, 5) is 15.2. The lowest BCUT2D eigenvalue weighted by molar-refractivity contribution is -0.988. The van der Waals surface area contributed by atoms with E-state index in [1.807, 2.05) is 18.2 Å². The second-order valence-electron chi connectivity index (χ2n) is 7.92. The summed E-state index contributed by atoms with van der Waals surface area (Å²) < 4.78 is 26.7. The Morgan fingerprint density at radius 3 is 2.00 bits per heavy atom. The molecule has 1 fully saturated rings. The number of hydrogen-bond acceptors (Lipinski definition) is 7. The Balaban J connectivity index is 0.00000306. The molecule has 1 aliphatic heterocycles. The van der Waals surface area contributed by atoms with Crippen molar-refractivity contribution in [2.24, 2.45) is 0 Å². The molecule has 0 spiro atoms. The predicted molar refractivity (Wildman–Crippen MR) is 121 cm³/mol. The lowest BCUT2D eigenvalue weighted by Gasteiger charge is -2.30. The number of rotatable bonds is 10. The summed E-state index contributed by atoms with van der Waals surface area (Å²) in [6, 6.07) is 11.1. The van der Waals surface area contributed by atoms with Crippen LogP contribution >= 0.6 is 0 Å². The van der Waals surface area contributed by atoms with Crippen LogP contribution in [0.3, 0.4) is 0 Å². The lowest BCUT2D eigenvalue weighted by Crippen LogP contribution is -3.26. The molecule has 0 amide bonds. The molecule has 1 atom stereocenters. The highest BCUT2D eigenvalue weighted by atomic mass is 35.5. The average molecular weight is 533 g/mol. The summed E-state index contributed by atoms with van der Waals surface area (Å²) in [5.41, 5.74) is 1.43. The Morgan fingerprint density at radius 2 is 1.46 bits per heavy atom. The van der Waals surface area contributed by atoms with E-state index in [0.29, 0.717) is 23.8 Å². The molecule has 2 aromatic carbocycles. The summed E-state index contributed by atoms with van der Waals surface area (Å²) in [6.07, 6.45) is -0.751. The van der Waals surface area contributed by atoms with Crippen LogP contribution in [0, 0.1) is 0 Å². The summed E-state index contributed by atoms with van der Waals surface area (Å²) in [6.45, 7) is 4.13. The zero-order valence-corrected chi connectivity index (χ0v) is 21.9. The fourth-order valence-corrected chi connectivity index (χ4v) is 4.16. The molecule has 0 aliphatic carbocycles. The molecule has 0 radical (unpaired) electrons. The normalized spacial score (nSPS) is 17.7. The Kier molecular flexibility index (Phi) is 13.0. The summed E-state index contributed by atoms with van der Waals surface area (Å²) in [7, 11) is 6.15. The number of quaternary nitrogens is 2. The summed E-state index contributed by atoms with van der Waals surface area (Å²) in [5.74, 6) is 1.46. The van der Waals surface area contributed by atoms with E-state index >= 15 is 0 Å². The molecule has 1 heterocycles. The standard InChI is InChI=1S/C24H32N2O7.2ClH/c1-29-20-8-6-5-7-19(20)26-11-9-25(10-12-26)15-18(27)16-33-24(28)17-13-21(30-2)23(32-4)22(14-17)31-3;;/h5-8,13-14,18,27H,9-12,15-16H2,1-4H3;2*1H. The first kappa shape index (κ1) is 30.6. The first-order valence-electron chi connectivity index (χ1n) is 11.0. The molecule has 11 heteroatoms. The van der Waals surface area contributed by atoms with E-state index in [1.54, 1.807) is 7.11 Å². The van der Waals surface area contributed by atoms with Crippen molar-refractivity contribution in [3.8, 4) is 23.0 Å². The van der Waals surface area contributed by atoms with Gasteiger partial charge in [0.05, 0.1) is 34.0 Å². The van der Waals surface area contributed by atoms with Crippen molar-refractivity contribution in [3.63, 3.8) is 0 Å².